The van der Waals surface area contributed by atoms with Crippen molar-refractivity contribution >= 4 is 5.78 Å². The van der Waals surface area contributed by atoms with E-state index < -0.39 is 11.6 Å². The highest BCUT2D eigenvalue weighted by Crippen LogP contribution is 2.27. The van der Waals surface area contributed by atoms with Crippen LogP contribution >= 0.6 is 0 Å². The van der Waals surface area contributed by atoms with Gasteiger partial charge in [0.1, 0.15) is 0 Å². The van der Waals surface area contributed by atoms with Gasteiger partial charge in [0, 0.05) is 17.5 Å². The number of ketones is 1. The highest BCUT2D eigenvalue weighted by molar-refractivity contribution is 6.00. The predicted octanol–water partition coefficient (Wildman–Crippen LogP) is 2.40. The predicted molar refractivity (Wildman–Crippen MR) is 43.7 cm³/mol. The van der Waals surface area contributed by atoms with Crippen molar-refractivity contribution in [3.8, 4) is 0 Å². The first-order chi connectivity index (χ1) is 6.11. The largest absolute Gasteiger partial charge is 0.294 e. The number of carbonyl (C=O) groups excluding carboxylic acids is 1. The summed E-state index contributed by atoms with van der Waals surface area (Å²) >= 11 is 0. The molecule has 68 valence electrons. The Balaban J connectivity index is 2.74. The lowest BCUT2D eigenvalue weighted by molar-refractivity contribution is 0.0994. The van der Waals surface area contributed by atoms with Crippen LogP contribution < -0.4 is 0 Å². The van der Waals surface area contributed by atoms with Crippen LogP contribution in [0.2, 0.25) is 0 Å². The zero-order chi connectivity index (χ0) is 9.59. The summed E-state index contributed by atoms with van der Waals surface area (Å²) in [6.45, 7) is 1.46. The molecule has 0 spiro atoms. The zero-order valence-corrected chi connectivity index (χ0v) is 7.16. The van der Waals surface area contributed by atoms with Crippen LogP contribution in [0.15, 0.2) is 6.07 Å². The molecule has 0 fully saturated rings. The molecule has 1 aromatic rings. The first-order valence-electron chi connectivity index (χ1n) is 4.12. The van der Waals surface area contributed by atoms with E-state index >= 15 is 0 Å². The quantitative estimate of drug-likeness (QED) is 0.602. The van der Waals surface area contributed by atoms with Crippen molar-refractivity contribution in [1.29, 1.82) is 0 Å². The Morgan fingerprint density at radius 1 is 1.23 bits per heavy atom. The van der Waals surface area contributed by atoms with Crippen LogP contribution in [0.25, 0.3) is 0 Å². The van der Waals surface area contributed by atoms with Crippen LogP contribution in [0.4, 0.5) is 8.78 Å². The van der Waals surface area contributed by atoms with Gasteiger partial charge < -0.3 is 0 Å². The van der Waals surface area contributed by atoms with Gasteiger partial charge in [-0.3, -0.25) is 4.79 Å². The van der Waals surface area contributed by atoms with Crippen molar-refractivity contribution in [3.63, 3.8) is 0 Å². The van der Waals surface area contributed by atoms with Crippen LogP contribution in [0.3, 0.4) is 0 Å². The molecule has 1 aliphatic rings. The van der Waals surface area contributed by atoms with E-state index in [2.05, 4.69) is 0 Å². The van der Waals surface area contributed by atoms with Gasteiger partial charge in [-0.15, -0.1) is 0 Å². The molecule has 2 rings (SSSR count). The molecule has 1 nitrogen and oxygen atoms in total. The summed E-state index contributed by atoms with van der Waals surface area (Å²) in [5.41, 5.74) is 0.802. The van der Waals surface area contributed by atoms with E-state index in [0.717, 1.165) is 0 Å². The first kappa shape index (κ1) is 8.35. The number of hydrogen-bond donors (Lipinski definition) is 0. The molecule has 1 aliphatic carbocycles. The number of fused-ring (bicyclic) bond motifs is 1. The lowest BCUT2D eigenvalue weighted by atomic mass is 10.1. The van der Waals surface area contributed by atoms with E-state index in [4.69, 9.17) is 0 Å². The third-order valence-corrected chi connectivity index (χ3v) is 2.39. The number of halogens is 2. The summed E-state index contributed by atoms with van der Waals surface area (Å²) in [7, 11) is 0. The molecule has 1 aromatic carbocycles. The molecule has 0 amide bonds. The maximum absolute atomic E-state index is 13.2. The number of benzene rings is 1. The van der Waals surface area contributed by atoms with E-state index in [-0.39, 0.29) is 16.9 Å². The molecular weight excluding hydrogens is 174 g/mol. The maximum atomic E-state index is 13.2. The van der Waals surface area contributed by atoms with Crippen LogP contribution in [0, 0.1) is 18.6 Å². The summed E-state index contributed by atoms with van der Waals surface area (Å²) in [4.78, 5) is 11.2. The monoisotopic (exact) mass is 182 g/mol. The summed E-state index contributed by atoms with van der Waals surface area (Å²) in [6.07, 6.45) is 0.631. The standard InChI is InChI=1S/C10H8F2O/c1-5-4-7-6(2-3-8(7)13)10(12)9(5)11/h4H,2-3H2,1H3. The molecule has 13 heavy (non-hydrogen) atoms. The molecule has 0 saturated heterocycles. The van der Waals surface area contributed by atoms with Crippen LogP contribution in [0.1, 0.15) is 27.9 Å². The first-order valence-corrected chi connectivity index (χ1v) is 4.12. The minimum atomic E-state index is -0.846. The van der Waals surface area contributed by atoms with E-state index in [1.807, 2.05) is 0 Å². The molecule has 0 aromatic heterocycles. The molecule has 0 aliphatic heterocycles. The van der Waals surface area contributed by atoms with Gasteiger partial charge in [0.05, 0.1) is 0 Å². The normalized spacial score (nSPS) is 14.8. The molecule has 3 heteroatoms. The maximum Gasteiger partial charge on any atom is 0.163 e. The Kier molecular flexibility index (Phi) is 1.68. The van der Waals surface area contributed by atoms with Crippen molar-refractivity contribution < 1.29 is 13.6 Å². The van der Waals surface area contributed by atoms with Gasteiger partial charge in [0.2, 0.25) is 0 Å². The molecule has 0 bridgehead atoms. The average molecular weight is 182 g/mol. The Morgan fingerprint density at radius 3 is 2.62 bits per heavy atom. The van der Waals surface area contributed by atoms with E-state index in [0.29, 0.717) is 18.4 Å². The van der Waals surface area contributed by atoms with E-state index in [1.54, 1.807) is 0 Å². The molecule has 0 heterocycles. The molecule has 0 N–H and O–H groups in total. The third kappa shape index (κ3) is 1.07. The summed E-state index contributed by atoms with van der Waals surface area (Å²) in [5.74, 6) is -1.76. The Labute approximate surface area is 74.4 Å². The molecular formula is C10H8F2O. The van der Waals surface area contributed by atoms with Crippen LogP contribution in [0.5, 0.6) is 0 Å². The van der Waals surface area contributed by atoms with E-state index in [9.17, 15) is 13.6 Å². The highest BCUT2D eigenvalue weighted by atomic mass is 19.2. The molecule has 0 atom stereocenters. The lowest BCUT2D eigenvalue weighted by Crippen LogP contribution is -1.99. The van der Waals surface area contributed by atoms with Gasteiger partial charge in [-0.25, -0.2) is 8.78 Å². The minimum Gasteiger partial charge on any atom is -0.294 e. The summed E-state index contributed by atoms with van der Waals surface area (Å²) in [6, 6.07) is 1.43. The van der Waals surface area contributed by atoms with Crippen molar-refractivity contribution in [2.24, 2.45) is 0 Å². The van der Waals surface area contributed by atoms with Crippen LogP contribution in [-0.4, -0.2) is 5.78 Å². The molecule has 0 saturated carbocycles. The third-order valence-electron chi connectivity index (χ3n) is 2.39. The van der Waals surface area contributed by atoms with Crippen molar-refractivity contribution in [2.45, 2.75) is 19.8 Å². The van der Waals surface area contributed by atoms with Gasteiger partial charge in [-0.1, -0.05) is 0 Å². The van der Waals surface area contributed by atoms with Crippen LogP contribution in [-0.2, 0) is 6.42 Å². The topological polar surface area (TPSA) is 17.1 Å². The summed E-state index contributed by atoms with van der Waals surface area (Å²) < 4.78 is 26.2. The van der Waals surface area contributed by atoms with Gasteiger partial charge in [-0.05, 0) is 25.0 Å². The number of rotatable bonds is 0. The molecule has 0 unspecified atom stereocenters. The smallest absolute Gasteiger partial charge is 0.163 e. The van der Waals surface area contributed by atoms with Gasteiger partial charge >= 0.3 is 0 Å². The van der Waals surface area contributed by atoms with Crippen molar-refractivity contribution in [3.05, 3.63) is 34.4 Å². The van der Waals surface area contributed by atoms with Gasteiger partial charge in [0.25, 0.3) is 0 Å². The number of Topliss-reactive ketones (excluding diaryl/α,β-unsaturated/α-hetero) is 1. The number of carbonyl (C=O) groups is 1. The average Bonchev–Trinajstić information content (AvgIpc) is 2.45. The zero-order valence-electron chi connectivity index (χ0n) is 7.16. The second-order valence-electron chi connectivity index (χ2n) is 3.27. The lowest BCUT2D eigenvalue weighted by Gasteiger charge is -2.03. The Morgan fingerprint density at radius 2 is 1.92 bits per heavy atom. The SMILES string of the molecule is Cc1cc2c(c(F)c1F)CCC2=O. The second-order valence-corrected chi connectivity index (χ2v) is 3.27. The fourth-order valence-electron chi connectivity index (χ4n) is 1.66. The van der Waals surface area contributed by atoms with Gasteiger partial charge in [0.15, 0.2) is 17.4 Å². The minimum absolute atomic E-state index is 0.0861. The summed E-state index contributed by atoms with van der Waals surface area (Å²) in [5, 5.41) is 0. The fourth-order valence-corrected chi connectivity index (χ4v) is 1.66. The fraction of sp³-hybridized carbons (Fsp3) is 0.300. The number of aryl methyl sites for hydroxylation is 1. The van der Waals surface area contributed by atoms with Crippen molar-refractivity contribution in [1.82, 2.24) is 0 Å². The Hall–Kier alpha value is -1.25. The molecule has 0 radical (unpaired) electrons. The Bertz CT molecular complexity index is 396. The highest BCUT2D eigenvalue weighted by Gasteiger charge is 2.25. The van der Waals surface area contributed by atoms with Gasteiger partial charge in [-0.2, -0.15) is 0 Å². The van der Waals surface area contributed by atoms with E-state index in [1.165, 1.54) is 13.0 Å². The van der Waals surface area contributed by atoms with Crippen molar-refractivity contribution in [2.75, 3.05) is 0 Å². The second kappa shape index (κ2) is 2.62. The number of hydrogen-bond acceptors (Lipinski definition) is 1.